The quantitative estimate of drug-likeness (QED) is 0.760. The standard InChI is InChI=1S/C16H14N2O/c1-11-10-12(7-9-17-11)16(19)14-4-2-6-15-13(14)5-3-8-18-15/h2-10,16,19H,1H3. The van der Waals surface area contributed by atoms with E-state index in [-0.39, 0.29) is 0 Å². The maximum Gasteiger partial charge on any atom is 0.105 e. The molecule has 94 valence electrons. The molecule has 0 aliphatic heterocycles. The molecule has 3 aromatic rings. The van der Waals surface area contributed by atoms with E-state index in [9.17, 15) is 5.11 Å². The van der Waals surface area contributed by atoms with Crippen molar-refractivity contribution in [2.24, 2.45) is 0 Å². The molecule has 0 radical (unpaired) electrons. The van der Waals surface area contributed by atoms with Gasteiger partial charge in [-0.25, -0.2) is 0 Å². The monoisotopic (exact) mass is 250 g/mol. The van der Waals surface area contributed by atoms with Gasteiger partial charge in [-0.2, -0.15) is 0 Å². The van der Waals surface area contributed by atoms with Crippen molar-refractivity contribution < 1.29 is 5.11 Å². The Bertz CT molecular complexity index is 719. The first-order valence-corrected chi connectivity index (χ1v) is 6.20. The summed E-state index contributed by atoms with van der Waals surface area (Å²) in [5.74, 6) is 0. The van der Waals surface area contributed by atoms with E-state index < -0.39 is 6.10 Å². The molecule has 0 saturated carbocycles. The Balaban J connectivity index is 2.14. The zero-order valence-electron chi connectivity index (χ0n) is 10.6. The summed E-state index contributed by atoms with van der Waals surface area (Å²) in [5, 5.41) is 11.5. The minimum absolute atomic E-state index is 0.658. The van der Waals surface area contributed by atoms with E-state index in [4.69, 9.17) is 0 Å². The number of fused-ring (bicyclic) bond motifs is 1. The largest absolute Gasteiger partial charge is 0.384 e. The summed E-state index contributed by atoms with van der Waals surface area (Å²) in [7, 11) is 0. The van der Waals surface area contributed by atoms with Gasteiger partial charge >= 0.3 is 0 Å². The topological polar surface area (TPSA) is 46.0 Å². The third kappa shape index (κ3) is 2.20. The molecule has 3 heteroatoms. The van der Waals surface area contributed by atoms with E-state index >= 15 is 0 Å². The molecule has 1 N–H and O–H groups in total. The first kappa shape index (κ1) is 11.8. The smallest absolute Gasteiger partial charge is 0.105 e. The van der Waals surface area contributed by atoms with E-state index in [1.165, 1.54) is 0 Å². The molecular formula is C16H14N2O. The lowest BCUT2D eigenvalue weighted by molar-refractivity contribution is 0.221. The fraction of sp³-hybridized carbons (Fsp3) is 0.125. The molecule has 0 saturated heterocycles. The zero-order valence-corrected chi connectivity index (χ0v) is 10.6. The lowest BCUT2D eigenvalue weighted by Gasteiger charge is -2.14. The number of aliphatic hydroxyl groups is 1. The Morgan fingerprint density at radius 2 is 1.89 bits per heavy atom. The zero-order chi connectivity index (χ0) is 13.2. The van der Waals surface area contributed by atoms with Gasteiger partial charge in [0.25, 0.3) is 0 Å². The molecular weight excluding hydrogens is 236 g/mol. The van der Waals surface area contributed by atoms with Crippen molar-refractivity contribution in [3.63, 3.8) is 0 Å². The van der Waals surface area contributed by atoms with Crippen LogP contribution in [0.1, 0.15) is 22.9 Å². The first-order valence-electron chi connectivity index (χ1n) is 6.20. The number of aliphatic hydroxyl groups excluding tert-OH is 1. The van der Waals surface area contributed by atoms with Crippen molar-refractivity contribution in [2.45, 2.75) is 13.0 Å². The number of nitrogens with zero attached hydrogens (tertiary/aromatic N) is 2. The molecule has 3 nitrogen and oxygen atoms in total. The second-order valence-corrected chi connectivity index (χ2v) is 4.55. The number of benzene rings is 1. The van der Waals surface area contributed by atoms with Crippen molar-refractivity contribution in [1.29, 1.82) is 0 Å². The summed E-state index contributed by atoms with van der Waals surface area (Å²) >= 11 is 0. The van der Waals surface area contributed by atoms with Gasteiger partial charge in [0.15, 0.2) is 0 Å². The minimum Gasteiger partial charge on any atom is -0.384 e. The Morgan fingerprint density at radius 3 is 2.74 bits per heavy atom. The molecule has 1 atom stereocenters. The number of hydrogen-bond donors (Lipinski definition) is 1. The van der Waals surface area contributed by atoms with Crippen LogP contribution in [-0.2, 0) is 0 Å². The molecule has 1 aromatic carbocycles. The summed E-state index contributed by atoms with van der Waals surface area (Å²) in [6.45, 7) is 1.92. The normalized spacial score (nSPS) is 12.5. The average Bonchev–Trinajstić information content (AvgIpc) is 2.46. The van der Waals surface area contributed by atoms with Crippen LogP contribution in [0.4, 0.5) is 0 Å². The Labute approximate surface area is 111 Å². The summed E-state index contributed by atoms with van der Waals surface area (Å²) in [6.07, 6.45) is 2.82. The van der Waals surface area contributed by atoms with Gasteiger partial charge in [-0.05, 0) is 42.3 Å². The molecule has 3 rings (SSSR count). The van der Waals surface area contributed by atoms with Crippen LogP contribution in [0.5, 0.6) is 0 Å². The van der Waals surface area contributed by atoms with Crippen LogP contribution in [0.3, 0.4) is 0 Å². The molecule has 19 heavy (non-hydrogen) atoms. The Morgan fingerprint density at radius 1 is 1.00 bits per heavy atom. The summed E-state index contributed by atoms with van der Waals surface area (Å²) < 4.78 is 0. The summed E-state index contributed by atoms with van der Waals surface area (Å²) in [4.78, 5) is 8.47. The fourth-order valence-corrected chi connectivity index (χ4v) is 2.28. The molecule has 1 unspecified atom stereocenters. The van der Waals surface area contributed by atoms with Crippen LogP contribution in [0.2, 0.25) is 0 Å². The van der Waals surface area contributed by atoms with Gasteiger partial charge in [0.05, 0.1) is 5.52 Å². The summed E-state index contributed by atoms with van der Waals surface area (Å²) in [5.41, 5.74) is 3.51. The number of rotatable bonds is 2. The van der Waals surface area contributed by atoms with Gasteiger partial charge in [0.1, 0.15) is 6.10 Å². The highest BCUT2D eigenvalue weighted by Crippen LogP contribution is 2.27. The third-order valence-corrected chi connectivity index (χ3v) is 3.21. The molecule has 0 amide bonds. The van der Waals surface area contributed by atoms with Crippen LogP contribution in [0.15, 0.2) is 54.9 Å². The van der Waals surface area contributed by atoms with E-state index in [0.717, 1.165) is 27.7 Å². The van der Waals surface area contributed by atoms with E-state index in [0.29, 0.717) is 0 Å². The molecule has 0 aliphatic carbocycles. The highest BCUT2D eigenvalue weighted by Gasteiger charge is 2.13. The molecule has 0 bridgehead atoms. The highest BCUT2D eigenvalue weighted by molar-refractivity contribution is 5.82. The molecule has 2 heterocycles. The minimum atomic E-state index is -0.658. The van der Waals surface area contributed by atoms with Crippen LogP contribution in [-0.4, -0.2) is 15.1 Å². The lowest BCUT2D eigenvalue weighted by atomic mass is 9.98. The summed E-state index contributed by atoms with van der Waals surface area (Å²) in [6, 6.07) is 13.4. The van der Waals surface area contributed by atoms with Crippen LogP contribution in [0, 0.1) is 6.92 Å². The van der Waals surface area contributed by atoms with Gasteiger partial charge in [-0.15, -0.1) is 0 Å². The van der Waals surface area contributed by atoms with Gasteiger partial charge in [-0.1, -0.05) is 18.2 Å². The molecule has 2 aromatic heterocycles. The molecule has 0 fully saturated rings. The number of aromatic nitrogens is 2. The van der Waals surface area contributed by atoms with Gasteiger partial charge < -0.3 is 5.11 Å². The predicted octanol–water partition coefficient (Wildman–Crippen LogP) is 3.02. The van der Waals surface area contributed by atoms with Crippen molar-refractivity contribution >= 4 is 10.9 Å². The Hall–Kier alpha value is -2.26. The molecule has 0 spiro atoms. The first-order chi connectivity index (χ1) is 9.25. The maximum absolute atomic E-state index is 10.6. The highest BCUT2D eigenvalue weighted by atomic mass is 16.3. The van der Waals surface area contributed by atoms with Gasteiger partial charge in [0, 0.05) is 23.5 Å². The van der Waals surface area contributed by atoms with Gasteiger partial charge in [0.2, 0.25) is 0 Å². The van der Waals surface area contributed by atoms with Gasteiger partial charge in [-0.3, -0.25) is 9.97 Å². The van der Waals surface area contributed by atoms with Crippen molar-refractivity contribution in [3.05, 3.63) is 71.7 Å². The SMILES string of the molecule is Cc1cc(C(O)c2cccc3ncccc23)ccn1. The number of pyridine rings is 2. The van der Waals surface area contributed by atoms with Crippen molar-refractivity contribution in [1.82, 2.24) is 9.97 Å². The van der Waals surface area contributed by atoms with Crippen LogP contribution >= 0.6 is 0 Å². The number of hydrogen-bond acceptors (Lipinski definition) is 3. The van der Waals surface area contributed by atoms with E-state index in [2.05, 4.69) is 9.97 Å². The molecule has 0 aliphatic rings. The van der Waals surface area contributed by atoms with E-state index in [1.54, 1.807) is 12.4 Å². The van der Waals surface area contributed by atoms with Crippen LogP contribution < -0.4 is 0 Å². The van der Waals surface area contributed by atoms with Crippen molar-refractivity contribution in [2.75, 3.05) is 0 Å². The second kappa shape index (κ2) is 4.78. The predicted molar refractivity (Wildman–Crippen MR) is 74.8 cm³/mol. The van der Waals surface area contributed by atoms with Crippen molar-refractivity contribution in [3.8, 4) is 0 Å². The second-order valence-electron chi connectivity index (χ2n) is 4.55. The maximum atomic E-state index is 10.6. The Kier molecular flexibility index (Phi) is 2.97. The third-order valence-electron chi connectivity index (χ3n) is 3.21. The van der Waals surface area contributed by atoms with E-state index in [1.807, 2.05) is 49.4 Å². The number of aryl methyl sites for hydroxylation is 1. The average molecular weight is 250 g/mol. The van der Waals surface area contributed by atoms with Crippen LogP contribution in [0.25, 0.3) is 10.9 Å². The fourth-order valence-electron chi connectivity index (χ4n) is 2.28. The lowest BCUT2D eigenvalue weighted by Crippen LogP contribution is -2.01.